The van der Waals surface area contributed by atoms with Crippen LogP contribution in [0.3, 0.4) is 0 Å². The van der Waals surface area contributed by atoms with Gasteiger partial charge in [0.2, 0.25) is 11.8 Å². The van der Waals surface area contributed by atoms with Gasteiger partial charge in [-0.15, -0.1) is 0 Å². The molecular formula is C17H24N4O3. The predicted octanol–water partition coefficient (Wildman–Crippen LogP) is 0.926. The van der Waals surface area contributed by atoms with Crippen LogP contribution >= 0.6 is 0 Å². The molecule has 2 atom stereocenters. The van der Waals surface area contributed by atoms with Crippen molar-refractivity contribution in [1.29, 1.82) is 0 Å². The molecule has 0 bridgehead atoms. The van der Waals surface area contributed by atoms with E-state index in [1.807, 2.05) is 18.1 Å². The van der Waals surface area contributed by atoms with Crippen molar-refractivity contribution < 1.29 is 14.3 Å². The molecule has 3 aliphatic rings. The average molecular weight is 332 g/mol. The molecule has 1 aromatic heterocycles. The van der Waals surface area contributed by atoms with Gasteiger partial charge in [0, 0.05) is 32.0 Å². The molecule has 0 spiro atoms. The molecule has 2 aliphatic heterocycles. The first-order valence-corrected chi connectivity index (χ1v) is 8.78. The molecule has 24 heavy (non-hydrogen) atoms. The summed E-state index contributed by atoms with van der Waals surface area (Å²) in [7, 11) is 1.86. The summed E-state index contributed by atoms with van der Waals surface area (Å²) >= 11 is 0. The minimum atomic E-state index is -0.257. The highest BCUT2D eigenvalue weighted by Gasteiger charge is 2.41. The fraction of sp³-hybridized carbons (Fsp3) is 0.706. The first-order chi connectivity index (χ1) is 11.6. The Kier molecular flexibility index (Phi) is 4.04. The summed E-state index contributed by atoms with van der Waals surface area (Å²) in [6.07, 6.45) is 7.50. The lowest BCUT2D eigenvalue weighted by atomic mass is 9.89. The normalized spacial score (nSPS) is 27.8. The van der Waals surface area contributed by atoms with Crippen LogP contribution < -0.4 is 0 Å². The van der Waals surface area contributed by atoms with Gasteiger partial charge in [-0.3, -0.25) is 14.3 Å². The number of ether oxygens (including phenoxy) is 1. The van der Waals surface area contributed by atoms with Crippen molar-refractivity contribution in [2.45, 2.75) is 31.8 Å². The molecule has 7 heteroatoms. The monoisotopic (exact) mass is 332 g/mol. The molecule has 0 N–H and O–H groups in total. The van der Waals surface area contributed by atoms with E-state index in [-0.39, 0.29) is 30.4 Å². The van der Waals surface area contributed by atoms with Gasteiger partial charge in [0.1, 0.15) is 6.54 Å². The van der Waals surface area contributed by atoms with Crippen molar-refractivity contribution in [3.8, 4) is 0 Å². The molecule has 1 aliphatic carbocycles. The first-order valence-electron chi connectivity index (χ1n) is 8.78. The molecule has 0 aromatic carbocycles. The van der Waals surface area contributed by atoms with Crippen LogP contribution in [0.5, 0.6) is 0 Å². The fourth-order valence-electron chi connectivity index (χ4n) is 3.70. The van der Waals surface area contributed by atoms with Crippen molar-refractivity contribution in [1.82, 2.24) is 19.6 Å². The van der Waals surface area contributed by atoms with E-state index in [1.54, 1.807) is 15.8 Å². The summed E-state index contributed by atoms with van der Waals surface area (Å²) in [5.74, 6) is 0.530. The second-order valence-corrected chi connectivity index (χ2v) is 7.22. The molecule has 3 heterocycles. The van der Waals surface area contributed by atoms with Crippen molar-refractivity contribution in [2.24, 2.45) is 18.9 Å². The zero-order chi connectivity index (χ0) is 16.7. The maximum Gasteiger partial charge on any atom is 0.243 e. The van der Waals surface area contributed by atoms with E-state index >= 15 is 0 Å². The lowest BCUT2D eigenvalue weighted by Crippen LogP contribution is -2.40. The zero-order valence-corrected chi connectivity index (χ0v) is 14.1. The number of nitrogens with zero attached hydrogens (tertiary/aromatic N) is 4. The van der Waals surface area contributed by atoms with Crippen LogP contribution in [0, 0.1) is 11.8 Å². The Labute approximate surface area is 141 Å². The quantitative estimate of drug-likeness (QED) is 0.822. The number of carbonyl (C=O) groups is 2. The number of hydrogen-bond donors (Lipinski definition) is 0. The van der Waals surface area contributed by atoms with Gasteiger partial charge in [-0.05, 0) is 31.6 Å². The maximum atomic E-state index is 13.0. The van der Waals surface area contributed by atoms with Crippen LogP contribution in [0.4, 0.5) is 0 Å². The smallest absolute Gasteiger partial charge is 0.243 e. The predicted molar refractivity (Wildman–Crippen MR) is 85.6 cm³/mol. The van der Waals surface area contributed by atoms with Crippen LogP contribution in [0.1, 0.15) is 37.4 Å². The molecule has 130 valence electrons. The van der Waals surface area contributed by atoms with E-state index in [4.69, 9.17) is 4.74 Å². The minimum absolute atomic E-state index is 0.0372. The number of aromatic nitrogens is 2. The lowest BCUT2D eigenvalue weighted by molar-refractivity contribution is -0.145. The Morgan fingerprint density at radius 1 is 1.38 bits per heavy atom. The van der Waals surface area contributed by atoms with Crippen LogP contribution in [0.2, 0.25) is 0 Å². The van der Waals surface area contributed by atoms with E-state index in [9.17, 15) is 9.59 Å². The lowest BCUT2D eigenvalue weighted by Gasteiger charge is -2.32. The summed E-state index contributed by atoms with van der Waals surface area (Å²) in [6.45, 7) is 2.11. The Bertz CT molecular complexity index is 640. The van der Waals surface area contributed by atoms with E-state index < -0.39 is 0 Å². The highest BCUT2D eigenvalue weighted by atomic mass is 16.5. The molecule has 1 aromatic rings. The van der Waals surface area contributed by atoms with Gasteiger partial charge in [-0.1, -0.05) is 0 Å². The Morgan fingerprint density at radius 2 is 2.21 bits per heavy atom. The minimum Gasteiger partial charge on any atom is -0.373 e. The molecule has 3 fully saturated rings. The van der Waals surface area contributed by atoms with Gasteiger partial charge in [0.05, 0.1) is 24.9 Å². The third-order valence-corrected chi connectivity index (χ3v) is 5.20. The Hall–Kier alpha value is -1.89. The van der Waals surface area contributed by atoms with Crippen LogP contribution in [-0.2, 0) is 21.4 Å². The molecule has 2 saturated heterocycles. The second kappa shape index (κ2) is 6.20. The Morgan fingerprint density at radius 3 is 2.92 bits per heavy atom. The van der Waals surface area contributed by atoms with Crippen molar-refractivity contribution in [3.05, 3.63) is 18.0 Å². The molecule has 1 saturated carbocycles. The van der Waals surface area contributed by atoms with Crippen molar-refractivity contribution >= 4 is 11.8 Å². The maximum absolute atomic E-state index is 13.0. The highest BCUT2D eigenvalue weighted by molar-refractivity contribution is 5.89. The summed E-state index contributed by atoms with van der Waals surface area (Å²) < 4.78 is 7.63. The third kappa shape index (κ3) is 3.05. The van der Waals surface area contributed by atoms with Crippen LogP contribution in [-0.4, -0.2) is 57.8 Å². The van der Waals surface area contributed by atoms with Crippen molar-refractivity contribution in [2.75, 3.05) is 26.4 Å². The van der Waals surface area contributed by atoms with Gasteiger partial charge in [0.25, 0.3) is 0 Å². The standard InChI is InChI=1S/C17H24N4O3/c1-19-9-13(7-18-19)16-14(3-2-6-24-16)17(23)21-10-15(22)20(11-21)8-12-4-5-12/h7,9,12,14,16H,2-6,8,10-11H2,1H3/t14-,16+/m1/s1. The van der Waals surface area contributed by atoms with Gasteiger partial charge in [-0.25, -0.2) is 0 Å². The number of aryl methyl sites for hydroxylation is 1. The second-order valence-electron chi connectivity index (χ2n) is 7.22. The molecule has 4 rings (SSSR count). The summed E-state index contributed by atoms with van der Waals surface area (Å²) in [5, 5.41) is 4.20. The molecular weight excluding hydrogens is 308 g/mol. The van der Waals surface area contributed by atoms with Crippen LogP contribution in [0.25, 0.3) is 0 Å². The third-order valence-electron chi connectivity index (χ3n) is 5.20. The molecule has 0 unspecified atom stereocenters. The van der Waals surface area contributed by atoms with Crippen LogP contribution in [0.15, 0.2) is 12.4 Å². The molecule has 7 nitrogen and oxygen atoms in total. The van der Waals surface area contributed by atoms with Gasteiger partial charge in [-0.2, -0.15) is 5.10 Å². The number of hydrogen-bond acceptors (Lipinski definition) is 4. The van der Waals surface area contributed by atoms with Gasteiger partial charge < -0.3 is 14.5 Å². The first kappa shape index (κ1) is 15.6. The summed E-state index contributed by atoms with van der Waals surface area (Å²) in [4.78, 5) is 28.7. The summed E-state index contributed by atoms with van der Waals surface area (Å²) in [5.41, 5.74) is 0.941. The number of carbonyl (C=O) groups excluding carboxylic acids is 2. The van der Waals surface area contributed by atoms with Gasteiger partial charge >= 0.3 is 0 Å². The Balaban J connectivity index is 1.46. The van der Waals surface area contributed by atoms with E-state index in [2.05, 4.69) is 5.10 Å². The van der Waals surface area contributed by atoms with E-state index in [1.165, 1.54) is 12.8 Å². The summed E-state index contributed by atoms with van der Waals surface area (Å²) in [6, 6.07) is 0. The number of rotatable bonds is 4. The topological polar surface area (TPSA) is 67.7 Å². The highest BCUT2D eigenvalue weighted by Crippen LogP contribution is 2.36. The van der Waals surface area contributed by atoms with Crippen molar-refractivity contribution in [3.63, 3.8) is 0 Å². The zero-order valence-electron chi connectivity index (χ0n) is 14.1. The molecule has 0 radical (unpaired) electrons. The largest absolute Gasteiger partial charge is 0.373 e. The number of amides is 2. The van der Waals surface area contributed by atoms with E-state index in [0.29, 0.717) is 19.2 Å². The van der Waals surface area contributed by atoms with Gasteiger partial charge in [0.15, 0.2) is 0 Å². The molecule has 2 amide bonds. The fourth-order valence-corrected chi connectivity index (χ4v) is 3.70. The SMILES string of the molecule is Cn1cc([C@@H]2OCCC[C@H]2C(=O)N2CC(=O)N(CC3CC3)C2)cn1. The average Bonchev–Trinajstić information content (AvgIpc) is 3.18. The van der Waals surface area contributed by atoms with E-state index in [0.717, 1.165) is 24.9 Å².